The van der Waals surface area contributed by atoms with Gasteiger partial charge in [0.15, 0.2) is 5.13 Å². The lowest BCUT2D eigenvalue weighted by Gasteiger charge is -2.30. The molecule has 0 unspecified atom stereocenters. The molecule has 10 nitrogen and oxygen atoms in total. The number of rotatable bonds is 8. The van der Waals surface area contributed by atoms with Gasteiger partial charge in [0.05, 0.1) is 36.7 Å². The van der Waals surface area contributed by atoms with E-state index in [0.29, 0.717) is 44.0 Å². The summed E-state index contributed by atoms with van der Waals surface area (Å²) in [7, 11) is 1.19. The minimum absolute atomic E-state index is 0.0531. The molecule has 0 radical (unpaired) electrons. The zero-order valence-electron chi connectivity index (χ0n) is 23.0. The summed E-state index contributed by atoms with van der Waals surface area (Å²) in [6.07, 6.45) is 2.44. The highest BCUT2D eigenvalue weighted by atomic mass is 32.1. The summed E-state index contributed by atoms with van der Waals surface area (Å²) in [6, 6.07) is 3.85. The van der Waals surface area contributed by atoms with Gasteiger partial charge < -0.3 is 14.7 Å². The number of hydrogen-bond acceptors (Lipinski definition) is 9. The van der Waals surface area contributed by atoms with Crippen molar-refractivity contribution in [3.63, 3.8) is 0 Å². The molecule has 2 aliphatic heterocycles. The number of aromatic nitrogens is 3. The minimum atomic E-state index is -4.61. The number of piperidine rings is 2. The van der Waals surface area contributed by atoms with E-state index in [1.807, 2.05) is 4.90 Å². The zero-order chi connectivity index (χ0) is 29.9. The predicted molar refractivity (Wildman–Crippen MR) is 151 cm³/mol. The van der Waals surface area contributed by atoms with Crippen LogP contribution in [0, 0.1) is 5.92 Å². The Labute approximate surface area is 244 Å². The molecule has 2 aromatic heterocycles. The molecule has 0 spiro atoms. The third kappa shape index (κ3) is 6.81. The topological polar surface area (TPSA) is 121 Å². The smallest absolute Gasteiger partial charge is 0.419 e. The van der Waals surface area contributed by atoms with E-state index in [9.17, 15) is 27.9 Å². The summed E-state index contributed by atoms with van der Waals surface area (Å²) in [4.78, 5) is 42.3. The number of carboxylic acids is 1. The maximum Gasteiger partial charge on any atom is 0.419 e. The van der Waals surface area contributed by atoms with E-state index in [4.69, 9.17) is 4.74 Å². The number of carboxylic acid groups (broad SMARTS) is 1. The van der Waals surface area contributed by atoms with Gasteiger partial charge in [-0.2, -0.15) is 13.2 Å². The lowest BCUT2D eigenvalue weighted by Crippen LogP contribution is -2.36. The van der Waals surface area contributed by atoms with Crippen molar-refractivity contribution in [1.29, 1.82) is 0 Å². The van der Waals surface area contributed by atoms with Crippen molar-refractivity contribution in [1.82, 2.24) is 19.9 Å². The van der Waals surface area contributed by atoms with Gasteiger partial charge in [0.2, 0.25) is 0 Å². The molecule has 14 heteroatoms. The molecule has 0 bridgehead atoms. The first kappa shape index (κ1) is 29.7. The van der Waals surface area contributed by atoms with Crippen LogP contribution in [-0.4, -0.2) is 70.1 Å². The number of carbonyl (C=O) groups excluding carboxylic acids is 1. The number of halogens is 3. The maximum absolute atomic E-state index is 13.8. The number of anilines is 2. The van der Waals surface area contributed by atoms with Gasteiger partial charge >= 0.3 is 12.1 Å². The van der Waals surface area contributed by atoms with Crippen LogP contribution in [0.2, 0.25) is 0 Å². The lowest BCUT2D eigenvalue weighted by atomic mass is 9.97. The average Bonchev–Trinajstić information content (AvgIpc) is 3.38. The van der Waals surface area contributed by atoms with E-state index in [2.05, 4.69) is 25.2 Å². The molecule has 1 aromatic carbocycles. The van der Waals surface area contributed by atoms with E-state index >= 15 is 0 Å². The molecule has 2 N–H and O–H groups in total. The number of nitrogens with one attached hydrogen (secondary N) is 1. The van der Waals surface area contributed by atoms with Gasteiger partial charge in [-0.25, -0.2) is 15.0 Å². The Hall–Kier alpha value is -3.78. The molecule has 0 aliphatic carbocycles. The Morgan fingerprint density at radius 3 is 2.45 bits per heavy atom. The first-order chi connectivity index (χ1) is 20.1. The lowest BCUT2D eigenvalue weighted by molar-refractivity contribution is -0.142. The van der Waals surface area contributed by atoms with Crippen LogP contribution < -0.4 is 15.0 Å². The van der Waals surface area contributed by atoms with Gasteiger partial charge in [-0.15, -0.1) is 0 Å². The molecule has 5 rings (SSSR count). The van der Waals surface area contributed by atoms with Crippen molar-refractivity contribution < 1.29 is 32.6 Å². The standard InChI is InChI=1S/C28H31F3N6O4S/c1-41-21-6-5-18(13-19(21)28(29,30)31)24-22(16-36-9-3-2-4-10-36)42-27(34-24)35-25(38)20-14-33-23(15-32-20)37-11-7-17(8-12-37)26(39)40/h5-6,13-15,17H,2-4,7-12,16H2,1H3,(H,39,40)(H,34,35,38). The number of carbonyl (C=O) groups is 2. The largest absolute Gasteiger partial charge is 0.496 e. The van der Waals surface area contributed by atoms with E-state index in [0.717, 1.165) is 43.3 Å². The summed E-state index contributed by atoms with van der Waals surface area (Å²) in [6.45, 7) is 3.32. The Kier molecular flexibility index (Phi) is 8.92. The molecule has 0 saturated carbocycles. The number of ether oxygens (including phenoxy) is 1. The highest BCUT2D eigenvalue weighted by Crippen LogP contribution is 2.40. The van der Waals surface area contributed by atoms with Crippen molar-refractivity contribution in [3.8, 4) is 17.0 Å². The van der Waals surface area contributed by atoms with E-state index < -0.39 is 23.6 Å². The first-order valence-corrected chi connectivity index (χ1v) is 14.5. The molecular formula is C28H31F3N6O4S. The number of aliphatic carboxylic acids is 1. The van der Waals surface area contributed by atoms with Crippen LogP contribution in [-0.2, 0) is 17.5 Å². The highest BCUT2D eigenvalue weighted by Gasteiger charge is 2.35. The summed E-state index contributed by atoms with van der Waals surface area (Å²) < 4.78 is 46.2. The van der Waals surface area contributed by atoms with Crippen LogP contribution in [0.25, 0.3) is 11.3 Å². The summed E-state index contributed by atoms with van der Waals surface area (Å²) >= 11 is 1.22. The van der Waals surface area contributed by atoms with Gasteiger partial charge in [0, 0.05) is 30.1 Å². The van der Waals surface area contributed by atoms with E-state index in [1.165, 1.54) is 43.0 Å². The quantitative estimate of drug-likeness (QED) is 0.359. The molecule has 224 valence electrons. The van der Waals surface area contributed by atoms with Crippen molar-refractivity contribution >= 4 is 34.2 Å². The normalized spacial score (nSPS) is 16.8. The van der Waals surface area contributed by atoms with Crippen LogP contribution >= 0.6 is 11.3 Å². The summed E-state index contributed by atoms with van der Waals surface area (Å²) in [5.41, 5.74) is -0.187. The Morgan fingerprint density at radius 2 is 1.83 bits per heavy atom. The molecule has 0 atom stereocenters. The fourth-order valence-corrected chi connectivity index (χ4v) is 6.28. The van der Waals surface area contributed by atoms with Crippen LogP contribution in [0.15, 0.2) is 30.6 Å². The Bertz CT molecular complexity index is 1420. The van der Waals surface area contributed by atoms with Gasteiger partial charge in [-0.3, -0.25) is 19.8 Å². The maximum atomic E-state index is 13.8. The second kappa shape index (κ2) is 12.6. The molecule has 2 fully saturated rings. The molecule has 2 saturated heterocycles. The second-order valence-corrected chi connectivity index (χ2v) is 11.4. The van der Waals surface area contributed by atoms with Crippen molar-refractivity contribution in [3.05, 3.63) is 46.7 Å². The molecule has 1 amide bonds. The number of amides is 1. The molecule has 4 heterocycles. The number of benzene rings is 1. The van der Waals surface area contributed by atoms with Crippen LogP contribution in [0.4, 0.5) is 24.1 Å². The SMILES string of the molecule is COc1ccc(-c2nc(NC(=O)c3cnc(N4CCC(C(=O)O)CC4)cn3)sc2CN2CCCCC2)cc1C(F)(F)F. The predicted octanol–water partition coefficient (Wildman–Crippen LogP) is 5.17. The third-order valence-electron chi connectivity index (χ3n) is 7.55. The van der Waals surface area contributed by atoms with Crippen LogP contribution in [0.1, 0.15) is 53.0 Å². The van der Waals surface area contributed by atoms with E-state index in [-0.39, 0.29) is 28.1 Å². The zero-order valence-corrected chi connectivity index (χ0v) is 23.8. The summed E-state index contributed by atoms with van der Waals surface area (Å²) in [5, 5.41) is 12.2. The number of methoxy groups -OCH3 is 1. The monoisotopic (exact) mass is 604 g/mol. The van der Waals surface area contributed by atoms with Crippen LogP contribution in [0.3, 0.4) is 0 Å². The molecule has 2 aliphatic rings. The Morgan fingerprint density at radius 1 is 1.10 bits per heavy atom. The fraction of sp³-hybridized carbons (Fsp3) is 0.464. The molecular weight excluding hydrogens is 573 g/mol. The Balaban J connectivity index is 1.36. The number of likely N-dealkylation sites (tertiary alicyclic amines) is 1. The summed E-state index contributed by atoms with van der Waals surface area (Å²) in [5.74, 6) is -1.45. The number of hydrogen-bond donors (Lipinski definition) is 2. The van der Waals surface area contributed by atoms with E-state index in [1.54, 1.807) is 0 Å². The van der Waals surface area contributed by atoms with Gasteiger partial charge in [0.25, 0.3) is 5.91 Å². The highest BCUT2D eigenvalue weighted by molar-refractivity contribution is 7.16. The second-order valence-electron chi connectivity index (χ2n) is 10.4. The van der Waals surface area contributed by atoms with Crippen molar-refractivity contribution in [2.45, 2.75) is 44.8 Å². The van der Waals surface area contributed by atoms with Crippen molar-refractivity contribution in [2.24, 2.45) is 5.92 Å². The van der Waals surface area contributed by atoms with Gasteiger partial charge in [-0.05, 0) is 57.0 Å². The minimum Gasteiger partial charge on any atom is -0.496 e. The number of nitrogens with zero attached hydrogens (tertiary/aromatic N) is 5. The third-order valence-corrected chi connectivity index (χ3v) is 8.51. The first-order valence-electron chi connectivity index (χ1n) is 13.7. The molecule has 42 heavy (non-hydrogen) atoms. The average molecular weight is 605 g/mol. The number of alkyl halides is 3. The van der Waals surface area contributed by atoms with Gasteiger partial charge in [-0.1, -0.05) is 17.8 Å². The molecule has 3 aromatic rings. The van der Waals surface area contributed by atoms with Crippen molar-refractivity contribution in [2.75, 3.05) is 43.5 Å². The fourth-order valence-electron chi connectivity index (χ4n) is 5.25. The number of thiazole rings is 1. The van der Waals surface area contributed by atoms with Crippen LogP contribution in [0.5, 0.6) is 5.75 Å². The van der Waals surface area contributed by atoms with Gasteiger partial charge in [0.1, 0.15) is 17.3 Å².